The number of rotatable bonds is 50. The first-order valence-corrected chi connectivity index (χ1v) is 27.5. The molecular weight excluding hydrogens is 781 g/mol. The monoisotopic (exact) mass is 885 g/mol. The Morgan fingerprint density at radius 2 is 0.571 bits per heavy atom. The van der Waals surface area contributed by atoms with Crippen LogP contribution in [-0.2, 0) is 28.6 Å². The van der Waals surface area contributed by atoms with Gasteiger partial charge in [-0.15, -0.1) is 0 Å². The van der Waals surface area contributed by atoms with E-state index < -0.39 is 6.10 Å². The Hall–Kier alpha value is -2.37. The highest BCUT2D eigenvalue weighted by molar-refractivity contribution is 5.71. The minimum atomic E-state index is -0.777. The highest BCUT2D eigenvalue weighted by Gasteiger charge is 2.19. The third kappa shape index (κ3) is 50.5. The normalized spacial score (nSPS) is 12.2. The van der Waals surface area contributed by atoms with Gasteiger partial charge in [0.25, 0.3) is 0 Å². The zero-order valence-corrected chi connectivity index (χ0v) is 42.1. The van der Waals surface area contributed by atoms with Crippen molar-refractivity contribution in [3.63, 3.8) is 0 Å². The zero-order chi connectivity index (χ0) is 45.8. The van der Waals surface area contributed by atoms with Crippen molar-refractivity contribution in [2.24, 2.45) is 0 Å². The number of hydrogen-bond acceptors (Lipinski definition) is 6. The average molecular weight is 885 g/mol. The van der Waals surface area contributed by atoms with Gasteiger partial charge in [0.1, 0.15) is 13.2 Å². The van der Waals surface area contributed by atoms with Crippen molar-refractivity contribution in [1.29, 1.82) is 0 Å². The molecule has 368 valence electrons. The van der Waals surface area contributed by atoms with Crippen LogP contribution >= 0.6 is 0 Å². The SMILES string of the molecule is CCCCCC=CCC=CCCCCCCCC(=O)O[C@@H](COC(=O)CCCCCCCCCC=CCCCCCCCC)COC(=O)CCCCCCCCCCCCCCC. The van der Waals surface area contributed by atoms with Crippen LogP contribution in [0.4, 0.5) is 0 Å². The molecule has 0 unspecified atom stereocenters. The van der Waals surface area contributed by atoms with Gasteiger partial charge < -0.3 is 14.2 Å². The van der Waals surface area contributed by atoms with Crippen LogP contribution < -0.4 is 0 Å². The fourth-order valence-electron chi connectivity index (χ4n) is 7.94. The van der Waals surface area contributed by atoms with E-state index in [0.717, 1.165) is 83.5 Å². The van der Waals surface area contributed by atoms with Crippen LogP contribution in [-0.4, -0.2) is 37.2 Å². The largest absolute Gasteiger partial charge is 0.462 e. The molecule has 0 bridgehead atoms. The van der Waals surface area contributed by atoms with Gasteiger partial charge in [0.15, 0.2) is 6.10 Å². The topological polar surface area (TPSA) is 78.9 Å². The molecule has 0 radical (unpaired) electrons. The summed E-state index contributed by atoms with van der Waals surface area (Å²) < 4.78 is 16.8. The molecule has 6 nitrogen and oxygen atoms in total. The molecule has 0 aliphatic heterocycles. The molecule has 0 saturated heterocycles. The first-order valence-electron chi connectivity index (χ1n) is 27.5. The molecule has 1 atom stereocenters. The van der Waals surface area contributed by atoms with E-state index in [1.54, 1.807) is 0 Å². The van der Waals surface area contributed by atoms with Crippen molar-refractivity contribution in [3.8, 4) is 0 Å². The molecule has 0 rings (SSSR count). The van der Waals surface area contributed by atoms with Crippen molar-refractivity contribution < 1.29 is 28.6 Å². The van der Waals surface area contributed by atoms with Gasteiger partial charge in [0.05, 0.1) is 0 Å². The molecule has 0 heterocycles. The second kappa shape index (κ2) is 52.3. The van der Waals surface area contributed by atoms with E-state index >= 15 is 0 Å². The summed E-state index contributed by atoms with van der Waals surface area (Å²) in [4.78, 5) is 38.0. The van der Waals surface area contributed by atoms with Gasteiger partial charge in [0.2, 0.25) is 0 Å². The lowest BCUT2D eigenvalue weighted by molar-refractivity contribution is -0.167. The summed E-state index contributed by atoms with van der Waals surface area (Å²) in [6, 6.07) is 0. The van der Waals surface area contributed by atoms with Crippen LogP contribution in [0.1, 0.15) is 290 Å². The van der Waals surface area contributed by atoms with E-state index in [0.29, 0.717) is 19.3 Å². The Bertz CT molecular complexity index is 1060. The number of hydrogen-bond donors (Lipinski definition) is 0. The minimum absolute atomic E-state index is 0.0760. The van der Waals surface area contributed by atoms with E-state index in [2.05, 4.69) is 57.2 Å². The lowest BCUT2D eigenvalue weighted by atomic mass is 10.0. The lowest BCUT2D eigenvalue weighted by Crippen LogP contribution is -2.30. The van der Waals surface area contributed by atoms with Gasteiger partial charge in [-0.25, -0.2) is 0 Å². The maximum absolute atomic E-state index is 12.8. The number of carbonyl (C=O) groups is 3. The van der Waals surface area contributed by atoms with Gasteiger partial charge in [-0.3, -0.25) is 14.4 Å². The van der Waals surface area contributed by atoms with Crippen molar-refractivity contribution in [2.75, 3.05) is 13.2 Å². The lowest BCUT2D eigenvalue weighted by Gasteiger charge is -2.18. The first-order chi connectivity index (χ1) is 31.0. The molecule has 6 heteroatoms. The van der Waals surface area contributed by atoms with Gasteiger partial charge in [-0.1, -0.05) is 231 Å². The molecular formula is C57H104O6. The molecule has 0 amide bonds. The van der Waals surface area contributed by atoms with Crippen LogP contribution in [0.15, 0.2) is 36.5 Å². The highest BCUT2D eigenvalue weighted by atomic mass is 16.6. The summed E-state index contributed by atoms with van der Waals surface area (Å²) in [5.74, 6) is -0.881. The van der Waals surface area contributed by atoms with Gasteiger partial charge in [0, 0.05) is 19.3 Å². The molecule has 0 aromatic carbocycles. The van der Waals surface area contributed by atoms with Crippen LogP contribution in [0, 0.1) is 0 Å². The van der Waals surface area contributed by atoms with E-state index in [1.807, 2.05) is 0 Å². The summed E-state index contributed by atoms with van der Waals surface area (Å²) in [6.07, 6.45) is 61.2. The Balaban J connectivity index is 4.37. The molecule has 0 aliphatic rings. The Morgan fingerprint density at radius 1 is 0.317 bits per heavy atom. The highest BCUT2D eigenvalue weighted by Crippen LogP contribution is 2.16. The summed E-state index contributed by atoms with van der Waals surface area (Å²) in [5.41, 5.74) is 0. The third-order valence-corrected chi connectivity index (χ3v) is 12.1. The number of unbranched alkanes of at least 4 members (excludes halogenated alkanes) is 33. The molecule has 0 aromatic rings. The average Bonchev–Trinajstić information content (AvgIpc) is 3.28. The predicted molar refractivity (Wildman–Crippen MR) is 270 cm³/mol. The Morgan fingerprint density at radius 3 is 0.921 bits per heavy atom. The fraction of sp³-hybridized carbons (Fsp3) is 0.842. The maximum Gasteiger partial charge on any atom is 0.306 e. The second-order valence-electron chi connectivity index (χ2n) is 18.5. The molecule has 63 heavy (non-hydrogen) atoms. The number of allylic oxidation sites excluding steroid dienone is 6. The molecule has 0 fully saturated rings. The minimum Gasteiger partial charge on any atom is -0.462 e. The Kier molecular flexibility index (Phi) is 50.3. The molecule has 0 spiro atoms. The van der Waals surface area contributed by atoms with E-state index in [1.165, 1.54) is 167 Å². The van der Waals surface area contributed by atoms with Crippen molar-refractivity contribution in [3.05, 3.63) is 36.5 Å². The first kappa shape index (κ1) is 60.6. The number of ether oxygens (including phenoxy) is 3. The third-order valence-electron chi connectivity index (χ3n) is 12.1. The predicted octanol–water partition coefficient (Wildman–Crippen LogP) is 18.1. The number of esters is 3. The van der Waals surface area contributed by atoms with Crippen LogP contribution in [0.5, 0.6) is 0 Å². The fourth-order valence-corrected chi connectivity index (χ4v) is 7.94. The van der Waals surface area contributed by atoms with Crippen LogP contribution in [0.2, 0.25) is 0 Å². The Labute approximate surface area is 391 Å². The van der Waals surface area contributed by atoms with Gasteiger partial charge >= 0.3 is 17.9 Å². The quantitative estimate of drug-likeness (QED) is 0.0262. The van der Waals surface area contributed by atoms with Gasteiger partial charge in [-0.05, 0) is 77.0 Å². The molecule has 0 N–H and O–H groups in total. The zero-order valence-electron chi connectivity index (χ0n) is 42.1. The van der Waals surface area contributed by atoms with E-state index in [4.69, 9.17) is 14.2 Å². The second-order valence-corrected chi connectivity index (χ2v) is 18.5. The van der Waals surface area contributed by atoms with E-state index in [9.17, 15) is 14.4 Å². The van der Waals surface area contributed by atoms with Crippen molar-refractivity contribution >= 4 is 17.9 Å². The number of carbonyl (C=O) groups excluding carboxylic acids is 3. The molecule has 0 saturated carbocycles. The molecule has 0 aromatic heterocycles. The van der Waals surface area contributed by atoms with Crippen LogP contribution in [0.3, 0.4) is 0 Å². The maximum atomic E-state index is 12.8. The summed E-state index contributed by atoms with van der Waals surface area (Å²) in [5, 5.41) is 0. The summed E-state index contributed by atoms with van der Waals surface area (Å²) >= 11 is 0. The van der Waals surface area contributed by atoms with Crippen LogP contribution in [0.25, 0.3) is 0 Å². The van der Waals surface area contributed by atoms with Crippen molar-refractivity contribution in [2.45, 2.75) is 297 Å². The molecule has 0 aliphatic carbocycles. The summed E-state index contributed by atoms with van der Waals surface area (Å²) in [7, 11) is 0. The summed E-state index contributed by atoms with van der Waals surface area (Å²) in [6.45, 7) is 6.62. The van der Waals surface area contributed by atoms with Gasteiger partial charge in [-0.2, -0.15) is 0 Å². The van der Waals surface area contributed by atoms with Crippen molar-refractivity contribution in [1.82, 2.24) is 0 Å². The smallest absolute Gasteiger partial charge is 0.306 e. The van der Waals surface area contributed by atoms with E-state index in [-0.39, 0.29) is 31.1 Å². The standard InChI is InChI=1S/C57H104O6/c1-4-7-10-13-16-19-22-25-27-28-30-32-35-38-41-44-47-50-56(59)62-53-54(52-61-55(58)49-46-43-40-37-34-31-24-21-18-15-12-9-6-3)63-57(60)51-48-45-42-39-36-33-29-26-23-20-17-14-11-8-5-2/h17,20,25-27,29,54H,4-16,18-19,21-24,28,30-53H2,1-3H3/t54-/m1/s1.